The van der Waals surface area contributed by atoms with Crippen LogP contribution >= 0.6 is 0 Å². The molecule has 0 spiro atoms. The summed E-state index contributed by atoms with van der Waals surface area (Å²) in [5.74, 6) is 0. The van der Waals surface area contributed by atoms with Crippen LogP contribution in [-0.2, 0) is 13.1 Å². The molecule has 98 valence electrons. The van der Waals surface area contributed by atoms with Gasteiger partial charge in [0.05, 0.1) is 12.7 Å². The van der Waals surface area contributed by atoms with Crippen LogP contribution in [0.5, 0.6) is 0 Å². The van der Waals surface area contributed by atoms with Crippen LogP contribution in [0.25, 0.3) is 0 Å². The first-order chi connectivity index (χ1) is 8.72. The third kappa shape index (κ3) is 3.01. The maximum absolute atomic E-state index is 6.11. The van der Waals surface area contributed by atoms with Gasteiger partial charge < -0.3 is 10.3 Å². The minimum atomic E-state index is 0.162. The fourth-order valence-corrected chi connectivity index (χ4v) is 2.13. The van der Waals surface area contributed by atoms with Crippen molar-refractivity contribution >= 4 is 0 Å². The average Bonchev–Trinajstić information content (AvgIpc) is 2.99. The van der Waals surface area contributed by atoms with Crippen molar-refractivity contribution in [2.24, 2.45) is 5.73 Å². The largest absolute Gasteiger partial charge is 0.349 e. The molecule has 18 heavy (non-hydrogen) atoms. The van der Waals surface area contributed by atoms with Crippen LogP contribution in [0.1, 0.15) is 43.9 Å². The lowest BCUT2D eigenvalue weighted by Gasteiger charge is -2.07. The highest BCUT2D eigenvalue weighted by atomic mass is 15.3. The van der Waals surface area contributed by atoms with Gasteiger partial charge >= 0.3 is 0 Å². The molecule has 0 aliphatic heterocycles. The molecule has 0 bridgehead atoms. The second-order valence-corrected chi connectivity index (χ2v) is 4.72. The fraction of sp³-hybridized carbons (Fsp3) is 0.500. The molecule has 2 heterocycles. The topological polar surface area (TPSA) is 48.8 Å². The van der Waals surface area contributed by atoms with Crippen molar-refractivity contribution in [1.82, 2.24) is 14.3 Å². The predicted molar refractivity (Wildman–Crippen MR) is 73.3 cm³/mol. The van der Waals surface area contributed by atoms with Crippen LogP contribution in [0.15, 0.2) is 30.9 Å². The van der Waals surface area contributed by atoms with Crippen molar-refractivity contribution in [2.45, 2.75) is 45.8 Å². The van der Waals surface area contributed by atoms with Crippen molar-refractivity contribution in [3.63, 3.8) is 0 Å². The van der Waals surface area contributed by atoms with Gasteiger partial charge in [0.1, 0.15) is 0 Å². The van der Waals surface area contributed by atoms with E-state index in [0.29, 0.717) is 0 Å². The Kier molecular flexibility index (Phi) is 4.20. The van der Waals surface area contributed by atoms with E-state index in [-0.39, 0.29) is 6.04 Å². The molecule has 0 aromatic carbocycles. The van der Waals surface area contributed by atoms with Gasteiger partial charge in [-0.25, -0.2) is 0 Å². The Morgan fingerprint density at radius 3 is 2.83 bits per heavy atom. The summed E-state index contributed by atoms with van der Waals surface area (Å²) in [6.45, 7) is 6.03. The van der Waals surface area contributed by atoms with Gasteiger partial charge in [-0.05, 0) is 25.0 Å². The molecule has 0 aliphatic carbocycles. The molecule has 0 saturated heterocycles. The number of nitrogens with two attached hydrogens (primary N) is 1. The van der Waals surface area contributed by atoms with Crippen LogP contribution in [0.4, 0.5) is 0 Å². The molecule has 2 aromatic heterocycles. The van der Waals surface area contributed by atoms with Crippen LogP contribution in [0.3, 0.4) is 0 Å². The Balaban J connectivity index is 2.01. The molecule has 2 aromatic rings. The Morgan fingerprint density at radius 2 is 2.17 bits per heavy atom. The summed E-state index contributed by atoms with van der Waals surface area (Å²) in [6, 6.07) is 2.28. The zero-order chi connectivity index (χ0) is 13.0. The molecule has 4 heteroatoms. The molecule has 1 unspecified atom stereocenters. The van der Waals surface area contributed by atoms with Gasteiger partial charge in [0.25, 0.3) is 0 Å². The third-order valence-electron chi connectivity index (χ3n) is 3.18. The Bertz CT molecular complexity index is 483. The van der Waals surface area contributed by atoms with E-state index in [1.54, 1.807) is 0 Å². The molecular formula is C14H22N4. The maximum Gasteiger partial charge on any atom is 0.0539 e. The van der Waals surface area contributed by atoms with E-state index >= 15 is 0 Å². The van der Waals surface area contributed by atoms with Gasteiger partial charge in [0, 0.05) is 36.7 Å². The second kappa shape index (κ2) is 5.87. The minimum Gasteiger partial charge on any atom is -0.349 e. The Morgan fingerprint density at radius 1 is 1.33 bits per heavy atom. The highest BCUT2D eigenvalue weighted by Crippen LogP contribution is 2.16. The molecule has 0 saturated carbocycles. The van der Waals surface area contributed by atoms with Crippen LogP contribution in [0.2, 0.25) is 0 Å². The zero-order valence-corrected chi connectivity index (χ0v) is 11.2. The van der Waals surface area contributed by atoms with Gasteiger partial charge in [-0.1, -0.05) is 13.3 Å². The first kappa shape index (κ1) is 12.9. The third-order valence-corrected chi connectivity index (χ3v) is 3.18. The SMILES string of the molecule is CCCC(N)c1ccn(Cc2cnn(CC)c2)c1. The number of aromatic nitrogens is 3. The molecule has 2 N–H and O–H groups in total. The van der Waals surface area contributed by atoms with Gasteiger partial charge in [-0.15, -0.1) is 0 Å². The summed E-state index contributed by atoms with van der Waals surface area (Å²) in [5, 5.41) is 4.28. The summed E-state index contributed by atoms with van der Waals surface area (Å²) in [6.07, 6.45) is 10.4. The monoisotopic (exact) mass is 246 g/mol. The van der Waals surface area contributed by atoms with Crippen LogP contribution < -0.4 is 5.73 Å². The number of hydrogen-bond donors (Lipinski definition) is 1. The van der Waals surface area contributed by atoms with Gasteiger partial charge in [-0.2, -0.15) is 5.10 Å². The summed E-state index contributed by atoms with van der Waals surface area (Å²) < 4.78 is 4.12. The van der Waals surface area contributed by atoms with E-state index in [4.69, 9.17) is 5.73 Å². The van der Waals surface area contributed by atoms with E-state index in [0.717, 1.165) is 25.9 Å². The lowest BCUT2D eigenvalue weighted by atomic mass is 10.1. The van der Waals surface area contributed by atoms with Gasteiger partial charge in [0.2, 0.25) is 0 Å². The quantitative estimate of drug-likeness (QED) is 0.851. The number of nitrogens with zero attached hydrogens (tertiary/aromatic N) is 3. The molecule has 4 nitrogen and oxygen atoms in total. The van der Waals surface area contributed by atoms with E-state index in [2.05, 4.69) is 48.2 Å². The zero-order valence-electron chi connectivity index (χ0n) is 11.2. The molecule has 0 amide bonds. The number of hydrogen-bond acceptors (Lipinski definition) is 2. The Hall–Kier alpha value is -1.55. The lowest BCUT2D eigenvalue weighted by Crippen LogP contribution is -2.08. The maximum atomic E-state index is 6.11. The standard InChI is InChI=1S/C14H22N4/c1-3-5-14(15)13-6-7-17(11-13)9-12-8-16-18(4-2)10-12/h6-8,10-11,14H,3-5,9,15H2,1-2H3. The summed E-state index contributed by atoms with van der Waals surface area (Å²) in [7, 11) is 0. The highest BCUT2D eigenvalue weighted by Gasteiger charge is 2.07. The summed E-state index contributed by atoms with van der Waals surface area (Å²) >= 11 is 0. The Labute approximate surface area is 108 Å². The number of rotatable bonds is 6. The smallest absolute Gasteiger partial charge is 0.0539 e. The van der Waals surface area contributed by atoms with Gasteiger partial charge in [0.15, 0.2) is 0 Å². The first-order valence-electron chi connectivity index (χ1n) is 6.65. The summed E-state index contributed by atoms with van der Waals surface area (Å²) in [4.78, 5) is 0. The van der Waals surface area contributed by atoms with E-state index < -0.39 is 0 Å². The molecule has 0 fully saturated rings. The average molecular weight is 246 g/mol. The second-order valence-electron chi connectivity index (χ2n) is 4.72. The summed E-state index contributed by atoms with van der Waals surface area (Å²) in [5.41, 5.74) is 8.56. The van der Waals surface area contributed by atoms with Crippen molar-refractivity contribution < 1.29 is 0 Å². The van der Waals surface area contributed by atoms with Crippen molar-refractivity contribution in [3.8, 4) is 0 Å². The van der Waals surface area contributed by atoms with Crippen LogP contribution in [0, 0.1) is 0 Å². The first-order valence-corrected chi connectivity index (χ1v) is 6.65. The highest BCUT2D eigenvalue weighted by molar-refractivity contribution is 5.16. The molecule has 1 atom stereocenters. The molecule has 0 radical (unpaired) electrons. The number of aryl methyl sites for hydroxylation is 1. The predicted octanol–water partition coefficient (Wildman–Crippen LogP) is 2.55. The molecule has 2 rings (SSSR count). The minimum absolute atomic E-state index is 0.162. The van der Waals surface area contributed by atoms with E-state index in [1.165, 1.54) is 11.1 Å². The lowest BCUT2D eigenvalue weighted by molar-refractivity contribution is 0.636. The van der Waals surface area contributed by atoms with E-state index in [9.17, 15) is 0 Å². The van der Waals surface area contributed by atoms with Crippen molar-refractivity contribution in [2.75, 3.05) is 0 Å². The normalized spacial score (nSPS) is 12.8. The van der Waals surface area contributed by atoms with E-state index in [1.807, 2.05) is 10.9 Å². The molecular weight excluding hydrogens is 224 g/mol. The van der Waals surface area contributed by atoms with Crippen LogP contribution in [-0.4, -0.2) is 14.3 Å². The van der Waals surface area contributed by atoms with Crippen molar-refractivity contribution in [3.05, 3.63) is 42.0 Å². The molecule has 0 aliphatic rings. The van der Waals surface area contributed by atoms with Gasteiger partial charge in [-0.3, -0.25) is 4.68 Å². The fourth-order valence-electron chi connectivity index (χ4n) is 2.13. The van der Waals surface area contributed by atoms with Crippen molar-refractivity contribution in [1.29, 1.82) is 0 Å².